The van der Waals surface area contributed by atoms with Crippen LogP contribution in [0.1, 0.15) is 104 Å². The smallest absolute Gasteiger partial charge is 0.102 e. The SMILES string of the molecule is CC(C)CCCCC1CCC2[C@@H]3CC=C4C(O)[C@@H](OCc5ccncc5)CCC4(C)C3CC[C@]12C. The molecule has 5 unspecified atom stereocenters. The molecule has 0 spiro atoms. The van der Waals surface area contributed by atoms with E-state index in [0.29, 0.717) is 12.0 Å². The average molecular weight is 480 g/mol. The van der Waals surface area contributed by atoms with E-state index >= 15 is 0 Å². The number of hydrogen-bond acceptors (Lipinski definition) is 3. The van der Waals surface area contributed by atoms with Crippen LogP contribution < -0.4 is 0 Å². The lowest BCUT2D eigenvalue weighted by molar-refractivity contribution is -0.0985. The summed E-state index contributed by atoms with van der Waals surface area (Å²) in [6, 6.07) is 4.00. The first kappa shape index (κ1) is 25.5. The quantitative estimate of drug-likeness (QED) is 0.306. The van der Waals surface area contributed by atoms with Crippen LogP contribution in [0, 0.1) is 40.4 Å². The number of ether oxygens (including phenoxy) is 1. The standard InChI is InChI=1S/C32H49NO2/c1-22(2)7-5-6-8-24-9-11-26-25-10-12-28-30(34)29(35-21-23-15-19-33-20-16-23)14-18-32(28,4)27(25)13-17-31(24,26)3/h12,15-16,19-20,22,24-27,29-30,34H,5-11,13-14,17-18,21H2,1-4H3/t24?,25-,26?,27?,29-,30?,31+,32?/m0/s1. The van der Waals surface area contributed by atoms with Crippen LogP contribution in [0.5, 0.6) is 0 Å². The molecule has 4 aliphatic rings. The lowest BCUT2D eigenvalue weighted by Gasteiger charge is -2.59. The Hall–Kier alpha value is -1.19. The molecule has 0 saturated heterocycles. The van der Waals surface area contributed by atoms with Crippen molar-refractivity contribution in [3.63, 3.8) is 0 Å². The summed E-state index contributed by atoms with van der Waals surface area (Å²) >= 11 is 0. The first-order chi connectivity index (χ1) is 16.8. The van der Waals surface area contributed by atoms with E-state index < -0.39 is 6.10 Å². The van der Waals surface area contributed by atoms with Crippen LogP contribution in [-0.2, 0) is 11.3 Å². The van der Waals surface area contributed by atoms with Gasteiger partial charge in [-0.15, -0.1) is 0 Å². The lowest BCUT2D eigenvalue weighted by Crippen LogP contribution is -2.54. The fourth-order valence-electron chi connectivity index (χ4n) is 9.09. The molecule has 3 heteroatoms. The summed E-state index contributed by atoms with van der Waals surface area (Å²) in [6.45, 7) is 10.4. The predicted octanol–water partition coefficient (Wildman–Crippen LogP) is 7.73. The molecular weight excluding hydrogens is 430 g/mol. The molecule has 0 aliphatic heterocycles. The van der Waals surface area contributed by atoms with E-state index in [0.717, 1.165) is 48.0 Å². The zero-order valence-electron chi connectivity index (χ0n) is 22.7. The van der Waals surface area contributed by atoms with Crippen molar-refractivity contribution in [3.8, 4) is 0 Å². The van der Waals surface area contributed by atoms with E-state index in [1.165, 1.54) is 63.4 Å². The Bertz CT molecular complexity index is 881. The van der Waals surface area contributed by atoms with Gasteiger partial charge in [0.2, 0.25) is 0 Å². The third-order valence-corrected chi connectivity index (χ3v) is 11.1. The van der Waals surface area contributed by atoms with Gasteiger partial charge in [0, 0.05) is 12.4 Å². The Morgan fingerprint density at radius 2 is 1.83 bits per heavy atom. The molecule has 0 radical (unpaired) electrons. The Labute approximate surface area is 214 Å². The van der Waals surface area contributed by atoms with Crippen molar-refractivity contribution in [3.05, 3.63) is 41.7 Å². The molecule has 4 aliphatic carbocycles. The normalized spacial score (nSPS) is 40.7. The molecule has 3 nitrogen and oxygen atoms in total. The van der Waals surface area contributed by atoms with Crippen LogP contribution in [0.4, 0.5) is 0 Å². The van der Waals surface area contributed by atoms with E-state index in [4.69, 9.17) is 4.74 Å². The summed E-state index contributed by atoms with van der Waals surface area (Å²) < 4.78 is 6.25. The monoisotopic (exact) mass is 479 g/mol. The highest BCUT2D eigenvalue weighted by molar-refractivity contribution is 5.29. The second-order valence-electron chi connectivity index (χ2n) is 13.4. The fourth-order valence-corrected chi connectivity index (χ4v) is 9.09. The van der Waals surface area contributed by atoms with E-state index in [1.54, 1.807) is 0 Å². The number of hydrogen-bond donors (Lipinski definition) is 1. The topological polar surface area (TPSA) is 42.4 Å². The summed E-state index contributed by atoms with van der Waals surface area (Å²) in [7, 11) is 0. The molecule has 0 aromatic carbocycles. The van der Waals surface area contributed by atoms with Crippen molar-refractivity contribution in [1.82, 2.24) is 4.98 Å². The Morgan fingerprint density at radius 1 is 1.03 bits per heavy atom. The van der Waals surface area contributed by atoms with Gasteiger partial charge in [-0.25, -0.2) is 0 Å². The number of allylic oxidation sites excluding steroid dienone is 1. The second kappa shape index (κ2) is 10.3. The van der Waals surface area contributed by atoms with Crippen molar-refractivity contribution in [2.75, 3.05) is 0 Å². The maximum absolute atomic E-state index is 11.4. The molecule has 1 aromatic heterocycles. The van der Waals surface area contributed by atoms with Crippen molar-refractivity contribution in [1.29, 1.82) is 0 Å². The van der Waals surface area contributed by atoms with Gasteiger partial charge in [-0.2, -0.15) is 0 Å². The highest BCUT2D eigenvalue weighted by Gasteiger charge is 2.59. The number of aliphatic hydroxyl groups is 1. The first-order valence-corrected chi connectivity index (χ1v) is 14.7. The number of aliphatic hydroxyl groups excluding tert-OH is 1. The van der Waals surface area contributed by atoms with Crippen molar-refractivity contribution in [2.45, 2.75) is 117 Å². The van der Waals surface area contributed by atoms with E-state index in [-0.39, 0.29) is 11.5 Å². The number of fused-ring (bicyclic) bond motifs is 5. The predicted molar refractivity (Wildman–Crippen MR) is 143 cm³/mol. The van der Waals surface area contributed by atoms with Gasteiger partial charge in [-0.1, -0.05) is 53.0 Å². The molecule has 1 N–H and O–H groups in total. The highest BCUT2D eigenvalue weighted by atomic mass is 16.5. The number of unbranched alkanes of at least 4 members (excludes halogenated alkanes) is 1. The Kier molecular flexibility index (Phi) is 7.48. The molecule has 35 heavy (non-hydrogen) atoms. The molecule has 194 valence electrons. The summed E-state index contributed by atoms with van der Waals surface area (Å²) in [5, 5.41) is 11.4. The minimum absolute atomic E-state index is 0.0883. The zero-order chi connectivity index (χ0) is 24.6. The van der Waals surface area contributed by atoms with E-state index in [2.05, 4.69) is 38.8 Å². The molecule has 3 saturated carbocycles. The minimum atomic E-state index is -0.456. The number of nitrogens with zero attached hydrogens (tertiary/aromatic N) is 1. The van der Waals surface area contributed by atoms with Gasteiger partial charge in [0.15, 0.2) is 0 Å². The Balaban J connectivity index is 1.25. The highest BCUT2D eigenvalue weighted by Crippen LogP contribution is 2.66. The van der Waals surface area contributed by atoms with Gasteiger partial charge >= 0.3 is 0 Å². The van der Waals surface area contributed by atoms with Crippen LogP contribution >= 0.6 is 0 Å². The van der Waals surface area contributed by atoms with Gasteiger partial charge in [0.25, 0.3) is 0 Å². The number of aromatic nitrogens is 1. The van der Waals surface area contributed by atoms with Gasteiger partial charge < -0.3 is 9.84 Å². The molecule has 0 amide bonds. The van der Waals surface area contributed by atoms with Crippen LogP contribution in [0.2, 0.25) is 0 Å². The van der Waals surface area contributed by atoms with Crippen molar-refractivity contribution < 1.29 is 9.84 Å². The third-order valence-electron chi connectivity index (χ3n) is 11.1. The summed E-state index contributed by atoms with van der Waals surface area (Å²) in [5.41, 5.74) is 3.13. The van der Waals surface area contributed by atoms with E-state index in [1.807, 2.05) is 24.5 Å². The van der Waals surface area contributed by atoms with Crippen molar-refractivity contribution >= 4 is 0 Å². The largest absolute Gasteiger partial charge is 0.386 e. The molecule has 5 rings (SSSR count). The average Bonchev–Trinajstić information content (AvgIpc) is 3.18. The first-order valence-electron chi connectivity index (χ1n) is 14.7. The summed E-state index contributed by atoms with van der Waals surface area (Å²) in [6.07, 6.45) is 20.1. The summed E-state index contributed by atoms with van der Waals surface area (Å²) in [4.78, 5) is 4.10. The van der Waals surface area contributed by atoms with Gasteiger partial charge in [-0.3, -0.25) is 4.98 Å². The molecule has 8 atom stereocenters. The van der Waals surface area contributed by atoms with Gasteiger partial charge in [0.05, 0.1) is 12.7 Å². The summed E-state index contributed by atoms with van der Waals surface area (Å²) in [5.74, 6) is 4.19. The van der Waals surface area contributed by atoms with Crippen LogP contribution in [0.3, 0.4) is 0 Å². The van der Waals surface area contributed by atoms with Gasteiger partial charge in [-0.05, 0) is 115 Å². The third kappa shape index (κ3) is 4.77. The molecule has 1 heterocycles. The van der Waals surface area contributed by atoms with Crippen LogP contribution in [-0.4, -0.2) is 22.3 Å². The fraction of sp³-hybridized carbons (Fsp3) is 0.781. The number of rotatable bonds is 8. The maximum Gasteiger partial charge on any atom is 0.102 e. The van der Waals surface area contributed by atoms with Crippen molar-refractivity contribution in [2.24, 2.45) is 40.4 Å². The minimum Gasteiger partial charge on any atom is -0.386 e. The van der Waals surface area contributed by atoms with E-state index in [9.17, 15) is 5.11 Å². The van der Waals surface area contributed by atoms with Crippen LogP contribution in [0.25, 0.3) is 0 Å². The Morgan fingerprint density at radius 3 is 2.60 bits per heavy atom. The molecular formula is C32H49NO2. The van der Waals surface area contributed by atoms with Crippen LogP contribution in [0.15, 0.2) is 36.2 Å². The number of pyridine rings is 1. The maximum atomic E-state index is 11.4. The lowest BCUT2D eigenvalue weighted by atomic mass is 9.47. The van der Waals surface area contributed by atoms with Gasteiger partial charge in [0.1, 0.15) is 6.10 Å². The zero-order valence-corrected chi connectivity index (χ0v) is 22.7. The molecule has 3 fully saturated rings. The second-order valence-corrected chi connectivity index (χ2v) is 13.4. The molecule has 0 bridgehead atoms. The molecule has 1 aromatic rings.